The van der Waals surface area contributed by atoms with Gasteiger partial charge in [-0.3, -0.25) is 0 Å². The summed E-state index contributed by atoms with van der Waals surface area (Å²) in [5, 5.41) is 23.7. The number of aromatic nitrogens is 4. The van der Waals surface area contributed by atoms with Gasteiger partial charge >= 0.3 is 0 Å². The molecule has 0 radical (unpaired) electrons. The van der Waals surface area contributed by atoms with E-state index < -0.39 is 0 Å². The lowest BCUT2D eigenvalue weighted by atomic mass is 9.69. The van der Waals surface area contributed by atoms with E-state index in [0.29, 0.717) is 29.0 Å². The fourth-order valence-electron chi connectivity index (χ4n) is 4.60. The Morgan fingerprint density at radius 2 is 2.18 bits per heavy atom. The van der Waals surface area contributed by atoms with Gasteiger partial charge in [0, 0.05) is 18.9 Å². The number of imidazole rings is 1. The molecule has 7 nitrogen and oxygen atoms in total. The molecule has 0 aliphatic heterocycles. The van der Waals surface area contributed by atoms with Crippen molar-refractivity contribution in [3.8, 4) is 11.8 Å². The number of anilines is 1. The number of nitrogens with one attached hydrogen (secondary N) is 1. The molecule has 1 saturated carbocycles. The molecule has 33 heavy (non-hydrogen) atoms. The van der Waals surface area contributed by atoms with E-state index >= 15 is 0 Å². The molecule has 2 N–H and O–H groups in total. The second-order valence-corrected chi connectivity index (χ2v) is 9.86. The maximum atomic E-state index is 10.2. The van der Waals surface area contributed by atoms with Crippen molar-refractivity contribution in [2.75, 3.05) is 11.9 Å². The van der Waals surface area contributed by atoms with Gasteiger partial charge in [0.05, 0.1) is 40.6 Å². The summed E-state index contributed by atoms with van der Waals surface area (Å²) < 4.78 is 1.88. The number of aliphatic hydroxyl groups is 1. The summed E-state index contributed by atoms with van der Waals surface area (Å²) >= 11 is 6.45. The molecule has 172 valence electrons. The smallest absolute Gasteiger partial charge is 0.222 e. The van der Waals surface area contributed by atoms with Crippen LogP contribution in [-0.4, -0.2) is 37.3 Å². The van der Waals surface area contributed by atoms with Crippen LogP contribution in [0.2, 0.25) is 5.02 Å². The topological polar surface area (TPSA) is 99.7 Å². The number of nitrogens with zero attached hydrogens (tertiary/aromatic N) is 5. The normalized spacial score (nSPS) is 19.7. The first-order valence-corrected chi connectivity index (χ1v) is 11.7. The van der Waals surface area contributed by atoms with Crippen LogP contribution in [-0.2, 0) is 12.8 Å². The third-order valence-electron chi connectivity index (χ3n) is 6.53. The van der Waals surface area contributed by atoms with E-state index in [0.717, 1.165) is 49.0 Å². The monoisotopic (exact) mass is 464 g/mol. The van der Waals surface area contributed by atoms with Gasteiger partial charge in [0.1, 0.15) is 6.07 Å². The van der Waals surface area contributed by atoms with Crippen LogP contribution in [0.15, 0.2) is 43.1 Å². The van der Waals surface area contributed by atoms with Crippen LogP contribution >= 0.6 is 11.6 Å². The molecular formula is C25H29ClN6O. The van der Waals surface area contributed by atoms with Crippen LogP contribution in [0, 0.1) is 22.7 Å². The van der Waals surface area contributed by atoms with Crippen molar-refractivity contribution in [3.05, 3.63) is 65.0 Å². The molecule has 0 bridgehead atoms. The van der Waals surface area contributed by atoms with Gasteiger partial charge in [-0.25, -0.2) is 15.0 Å². The second-order valence-electron chi connectivity index (χ2n) is 9.45. The SMILES string of the molecule is CC1(C)C[C@H](Cc2nc(NCCc3ccc(-n4ccnc4)c(Cl)c3)ncc2C#N)CC[C@@H]1O. The van der Waals surface area contributed by atoms with Crippen molar-refractivity contribution in [1.29, 1.82) is 5.26 Å². The predicted octanol–water partition coefficient (Wildman–Crippen LogP) is 4.57. The van der Waals surface area contributed by atoms with E-state index in [9.17, 15) is 10.4 Å². The Morgan fingerprint density at radius 1 is 1.33 bits per heavy atom. The van der Waals surface area contributed by atoms with E-state index in [1.54, 1.807) is 18.7 Å². The number of hydrogen-bond donors (Lipinski definition) is 2. The maximum Gasteiger partial charge on any atom is 0.222 e. The zero-order valence-corrected chi connectivity index (χ0v) is 19.8. The maximum absolute atomic E-state index is 10.2. The first-order chi connectivity index (χ1) is 15.9. The largest absolute Gasteiger partial charge is 0.393 e. The van der Waals surface area contributed by atoms with Crippen LogP contribution in [0.3, 0.4) is 0 Å². The Bertz CT molecular complexity index is 1140. The van der Waals surface area contributed by atoms with Crippen LogP contribution in [0.5, 0.6) is 0 Å². The van der Waals surface area contributed by atoms with Crippen molar-refractivity contribution in [2.24, 2.45) is 11.3 Å². The van der Waals surface area contributed by atoms with Crippen LogP contribution in [0.1, 0.15) is 49.9 Å². The van der Waals surface area contributed by atoms with E-state index in [-0.39, 0.29) is 11.5 Å². The molecule has 0 amide bonds. The van der Waals surface area contributed by atoms with Gasteiger partial charge in [0.25, 0.3) is 0 Å². The highest BCUT2D eigenvalue weighted by atomic mass is 35.5. The number of benzene rings is 1. The average molecular weight is 465 g/mol. The van der Waals surface area contributed by atoms with Crippen LogP contribution in [0.25, 0.3) is 5.69 Å². The molecule has 1 aliphatic rings. The molecule has 4 rings (SSSR count). The summed E-state index contributed by atoms with van der Waals surface area (Å²) in [6.07, 6.45) is 10.8. The molecule has 1 aliphatic carbocycles. The van der Waals surface area contributed by atoms with Gasteiger partial charge in [0.2, 0.25) is 5.95 Å². The van der Waals surface area contributed by atoms with Crippen molar-refractivity contribution < 1.29 is 5.11 Å². The third kappa shape index (κ3) is 5.52. The molecule has 1 fully saturated rings. The molecule has 2 heterocycles. The number of nitriles is 1. The molecule has 0 saturated heterocycles. The molecule has 0 unspecified atom stereocenters. The van der Waals surface area contributed by atoms with Gasteiger partial charge in [-0.1, -0.05) is 31.5 Å². The summed E-state index contributed by atoms with van der Waals surface area (Å²) in [4.78, 5) is 13.0. The molecular weight excluding hydrogens is 436 g/mol. The molecule has 2 atom stereocenters. The average Bonchev–Trinajstić information content (AvgIpc) is 3.31. The molecule has 1 aromatic carbocycles. The van der Waals surface area contributed by atoms with E-state index in [1.165, 1.54) is 0 Å². The van der Waals surface area contributed by atoms with Crippen molar-refractivity contribution >= 4 is 17.5 Å². The molecule has 8 heteroatoms. The zero-order valence-electron chi connectivity index (χ0n) is 19.0. The Balaban J connectivity index is 1.38. The van der Waals surface area contributed by atoms with Crippen molar-refractivity contribution in [2.45, 2.75) is 52.1 Å². The Kier molecular flexibility index (Phi) is 6.96. The van der Waals surface area contributed by atoms with Gasteiger partial charge in [-0.05, 0) is 61.1 Å². The summed E-state index contributed by atoms with van der Waals surface area (Å²) in [6.45, 7) is 4.86. The van der Waals surface area contributed by atoms with E-state index in [2.05, 4.69) is 40.2 Å². The predicted molar refractivity (Wildman–Crippen MR) is 128 cm³/mol. The number of rotatable bonds is 7. The fourth-order valence-corrected chi connectivity index (χ4v) is 4.90. The second kappa shape index (κ2) is 9.90. The standard InChI is InChI=1S/C25H29ClN6O/c1-25(2)13-18(4-6-23(25)33)12-21-19(14-27)15-30-24(31-21)29-8-7-17-3-5-22(20(26)11-17)32-10-9-28-16-32/h3,5,9-11,15-16,18,23,33H,4,6-8,12-13H2,1-2H3,(H,29,30,31)/t18-,23-/m0/s1. The minimum Gasteiger partial charge on any atom is -0.393 e. The fraction of sp³-hybridized carbons (Fsp3) is 0.440. The highest BCUT2D eigenvalue weighted by Crippen LogP contribution is 2.40. The lowest BCUT2D eigenvalue weighted by Gasteiger charge is -2.39. The summed E-state index contributed by atoms with van der Waals surface area (Å²) in [5.41, 5.74) is 3.18. The third-order valence-corrected chi connectivity index (χ3v) is 6.83. The minimum atomic E-state index is -0.269. The summed E-state index contributed by atoms with van der Waals surface area (Å²) in [5.74, 6) is 0.926. The summed E-state index contributed by atoms with van der Waals surface area (Å²) in [7, 11) is 0. The van der Waals surface area contributed by atoms with Gasteiger partial charge < -0.3 is 15.0 Å². The Morgan fingerprint density at radius 3 is 2.88 bits per heavy atom. The van der Waals surface area contributed by atoms with Crippen LogP contribution < -0.4 is 5.32 Å². The van der Waals surface area contributed by atoms with Crippen LogP contribution in [0.4, 0.5) is 5.95 Å². The quantitative estimate of drug-likeness (QED) is 0.531. The van der Waals surface area contributed by atoms with Gasteiger partial charge in [-0.2, -0.15) is 5.26 Å². The molecule has 0 spiro atoms. The van der Waals surface area contributed by atoms with Crippen molar-refractivity contribution in [3.63, 3.8) is 0 Å². The highest BCUT2D eigenvalue weighted by molar-refractivity contribution is 6.32. The highest BCUT2D eigenvalue weighted by Gasteiger charge is 2.35. The number of halogens is 1. The lowest BCUT2D eigenvalue weighted by molar-refractivity contribution is -0.00748. The van der Waals surface area contributed by atoms with E-state index in [1.807, 2.05) is 29.0 Å². The molecule has 3 aromatic rings. The molecule has 2 aromatic heterocycles. The first kappa shape index (κ1) is 23.2. The number of aliphatic hydroxyl groups excluding tert-OH is 1. The minimum absolute atomic E-state index is 0.113. The Labute approximate surface area is 199 Å². The van der Waals surface area contributed by atoms with Gasteiger partial charge in [-0.15, -0.1) is 0 Å². The van der Waals surface area contributed by atoms with E-state index in [4.69, 9.17) is 11.6 Å². The first-order valence-electron chi connectivity index (χ1n) is 11.3. The lowest BCUT2D eigenvalue weighted by Crippen LogP contribution is -2.37. The number of hydrogen-bond acceptors (Lipinski definition) is 6. The Hall–Kier alpha value is -2.95. The van der Waals surface area contributed by atoms with Gasteiger partial charge in [0.15, 0.2) is 0 Å². The summed E-state index contributed by atoms with van der Waals surface area (Å²) in [6, 6.07) is 8.22. The zero-order chi connectivity index (χ0) is 23.4. The van der Waals surface area contributed by atoms with Crippen molar-refractivity contribution in [1.82, 2.24) is 19.5 Å².